The van der Waals surface area contributed by atoms with Crippen LogP contribution in [0, 0.1) is 6.92 Å². The lowest BCUT2D eigenvalue weighted by Gasteiger charge is -2.22. The Morgan fingerprint density at radius 1 is 0.860 bits per heavy atom. The van der Waals surface area contributed by atoms with Crippen LogP contribution in [-0.4, -0.2) is 64.7 Å². The summed E-state index contributed by atoms with van der Waals surface area (Å²) in [5, 5.41) is 5.59. The average molecular weight is 592 g/mol. The maximum absolute atomic E-state index is 13.5. The first-order chi connectivity index (χ1) is 20.8. The van der Waals surface area contributed by atoms with Crippen LogP contribution in [0.5, 0.6) is 17.2 Å². The van der Waals surface area contributed by atoms with E-state index in [9.17, 15) is 14.4 Å². The van der Waals surface area contributed by atoms with E-state index in [1.54, 1.807) is 49.5 Å². The fourth-order valence-corrected chi connectivity index (χ4v) is 4.19. The van der Waals surface area contributed by atoms with Gasteiger partial charge in [-0.2, -0.15) is 0 Å². The van der Waals surface area contributed by atoms with Gasteiger partial charge < -0.3 is 41.2 Å². The lowest BCUT2D eigenvalue weighted by Crippen LogP contribution is -2.31. The van der Waals surface area contributed by atoms with Crippen LogP contribution in [0.2, 0.25) is 0 Å². The van der Waals surface area contributed by atoms with E-state index < -0.39 is 0 Å². The fourth-order valence-electron chi connectivity index (χ4n) is 4.19. The highest BCUT2D eigenvalue weighted by molar-refractivity contribution is 6.09. The standard InChI is InChI=1S/C32H41N5O6/c1-22-11-14-26(29(19-22)43-17-7-6-16-35-30(38)21-34)37(2)32(40)23-12-13-25(28(20-23)41-3)36-31(39)24-9-4-5-10-27(24)42-18-8-15-33/h4-5,9-14,19-20H,6-8,15-18,21,33-34H2,1-3H3,(H,35,38)(H,36,39). The van der Waals surface area contributed by atoms with Gasteiger partial charge in [-0.3, -0.25) is 14.4 Å². The number of aryl methyl sites for hydroxylation is 1. The van der Waals surface area contributed by atoms with Crippen LogP contribution in [0.1, 0.15) is 45.5 Å². The Morgan fingerprint density at radius 3 is 2.35 bits per heavy atom. The van der Waals surface area contributed by atoms with Gasteiger partial charge in [-0.05, 0) is 80.8 Å². The van der Waals surface area contributed by atoms with Crippen molar-refractivity contribution in [3.05, 3.63) is 77.4 Å². The number of hydrogen-bond acceptors (Lipinski definition) is 8. The Kier molecular flexibility index (Phi) is 12.8. The number of methoxy groups -OCH3 is 1. The number of nitrogens with one attached hydrogen (secondary N) is 2. The van der Waals surface area contributed by atoms with Crippen LogP contribution in [0.4, 0.5) is 11.4 Å². The highest BCUT2D eigenvalue weighted by Gasteiger charge is 2.21. The van der Waals surface area contributed by atoms with E-state index in [4.69, 9.17) is 25.7 Å². The normalized spacial score (nSPS) is 10.5. The average Bonchev–Trinajstić information content (AvgIpc) is 3.02. The molecule has 0 saturated heterocycles. The number of nitrogens with zero attached hydrogens (tertiary/aromatic N) is 1. The summed E-state index contributed by atoms with van der Waals surface area (Å²) in [6.07, 6.45) is 2.11. The van der Waals surface area contributed by atoms with Crippen molar-refractivity contribution in [3.8, 4) is 17.2 Å². The van der Waals surface area contributed by atoms with E-state index >= 15 is 0 Å². The van der Waals surface area contributed by atoms with E-state index in [-0.39, 0.29) is 24.3 Å². The number of hydrogen-bond donors (Lipinski definition) is 4. The molecule has 0 fully saturated rings. The second-order valence-corrected chi connectivity index (χ2v) is 9.80. The van der Waals surface area contributed by atoms with Gasteiger partial charge in [-0.1, -0.05) is 18.2 Å². The molecule has 3 aromatic carbocycles. The molecule has 0 heterocycles. The third kappa shape index (κ3) is 9.45. The molecule has 0 aliphatic rings. The zero-order valence-electron chi connectivity index (χ0n) is 25.0. The van der Waals surface area contributed by atoms with Crippen molar-refractivity contribution in [1.29, 1.82) is 0 Å². The van der Waals surface area contributed by atoms with E-state index in [2.05, 4.69) is 10.6 Å². The molecule has 43 heavy (non-hydrogen) atoms. The number of amides is 3. The number of anilines is 2. The van der Waals surface area contributed by atoms with Crippen LogP contribution in [0.3, 0.4) is 0 Å². The highest BCUT2D eigenvalue weighted by atomic mass is 16.5. The van der Waals surface area contributed by atoms with E-state index in [1.807, 2.05) is 25.1 Å². The topological polar surface area (TPSA) is 158 Å². The van der Waals surface area contributed by atoms with Crippen molar-refractivity contribution < 1.29 is 28.6 Å². The molecule has 3 rings (SSSR count). The quantitative estimate of drug-likeness (QED) is 0.184. The molecule has 0 saturated carbocycles. The molecule has 11 nitrogen and oxygen atoms in total. The lowest BCUT2D eigenvalue weighted by molar-refractivity contribution is -0.119. The Morgan fingerprint density at radius 2 is 1.60 bits per heavy atom. The van der Waals surface area contributed by atoms with Crippen LogP contribution >= 0.6 is 0 Å². The number of rotatable bonds is 16. The van der Waals surface area contributed by atoms with Crippen molar-refractivity contribution in [2.45, 2.75) is 26.2 Å². The summed E-state index contributed by atoms with van der Waals surface area (Å²) >= 11 is 0. The summed E-state index contributed by atoms with van der Waals surface area (Å²) in [5.74, 6) is 0.508. The number of unbranched alkanes of at least 4 members (excludes halogenated alkanes) is 1. The van der Waals surface area contributed by atoms with Crippen molar-refractivity contribution in [3.63, 3.8) is 0 Å². The molecule has 0 aromatic heterocycles. The molecule has 0 atom stereocenters. The van der Waals surface area contributed by atoms with Crippen molar-refractivity contribution in [2.24, 2.45) is 11.5 Å². The summed E-state index contributed by atoms with van der Waals surface area (Å²) < 4.78 is 17.3. The van der Waals surface area contributed by atoms with Crippen molar-refractivity contribution >= 4 is 29.1 Å². The molecular weight excluding hydrogens is 550 g/mol. The summed E-state index contributed by atoms with van der Waals surface area (Å²) in [6.45, 7) is 3.74. The van der Waals surface area contributed by atoms with Gasteiger partial charge in [0.05, 0.1) is 43.8 Å². The van der Waals surface area contributed by atoms with Crippen LogP contribution in [0.25, 0.3) is 0 Å². The van der Waals surface area contributed by atoms with Gasteiger partial charge >= 0.3 is 0 Å². The third-order valence-corrected chi connectivity index (χ3v) is 6.55. The van der Waals surface area contributed by atoms with E-state index in [0.717, 1.165) is 12.0 Å². The second-order valence-electron chi connectivity index (χ2n) is 9.80. The molecule has 3 aromatic rings. The predicted molar refractivity (Wildman–Crippen MR) is 167 cm³/mol. The SMILES string of the molecule is COc1cc(C(=O)N(C)c2ccc(C)cc2OCCCCNC(=O)CN)ccc1NC(=O)c1ccccc1OCCCN. The lowest BCUT2D eigenvalue weighted by atomic mass is 10.1. The molecule has 11 heteroatoms. The molecule has 0 unspecified atom stereocenters. The first-order valence-corrected chi connectivity index (χ1v) is 14.2. The number of ether oxygens (including phenoxy) is 3. The summed E-state index contributed by atoms with van der Waals surface area (Å²) in [7, 11) is 3.15. The van der Waals surface area contributed by atoms with Crippen LogP contribution < -0.4 is 41.2 Å². The Labute approximate surface area is 252 Å². The minimum Gasteiger partial charge on any atom is -0.495 e. The molecule has 230 valence electrons. The Balaban J connectivity index is 1.71. The number of para-hydroxylation sites is 1. The minimum absolute atomic E-state index is 0.0350. The zero-order chi connectivity index (χ0) is 31.2. The number of carbonyl (C=O) groups is 3. The van der Waals surface area contributed by atoms with Gasteiger partial charge in [0.1, 0.15) is 17.2 Å². The summed E-state index contributed by atoms with van der Waals surface area (Å²) in [4.78, 5) is 39.4. The number of nitrogens with two attached hydrogens (primary N) is 2. The molecule has 0 bridgehead atoms. The Hall–Kier alpha value is -4.61. The van der Waals surface area contributed by atoms with Gasteiger partial charge in [-0.25, -0.2) is 0 Å². The Bertz CT molecular complexity index is 1400. The third-order valence-electron chi connectivity index (χ3n) is 6.55. The monoisotopic (exact) mass is 591 g/mol. The zero-order valence-corrected chi connectivity index (χ0v) is 25.0. The smallest absolute Gasteiger partial charge is 0.259 e. The van der Waals surface area contributed by atoms with Gasteiger partial charge in [0, 0.05) is 19.2 Å². The fraction of sp³-hybridized carbons (Fsp3) is 0.344. The molecule has 0 spiro atoms. The largest absolute Gasteiger partial charge is 0.495 e. The maximum atomic E-state index is 13.5. The molecule has 0 radical (unpaired) electrons. The number of carbonyl (C=O) groups excluding carboxylic acids is 3. The molecule has 3 amide bonds. The van der Waals surface area contributed by atoms with Crippen molar-refractivity contribution in [1.82, 2.24) is 5.32 Å². The number of benzene rings is 3. The van der Waals surface area contributed by atoms with Gasteiger partial charge in [0.2, 0.25) is 5.91 Å². The van der Waals surface area contributed by atoms with Crippen LogP contribution in [-0.2, 0) is 4.79 Å². The molecule has 6 N–H and O–H groups in total. The molecule has 0 aliphatic carbocycles. The van der Waals surface area contributed by atoms with E-state index in [1.165, 1.54) is 12.0 Å². The van der Waals surface area contributed by atoms with Gasteiger partial charge in [-0.15, -0.1) is 0 Å². The summed E-state index contributed by atoms with van der Waals surface area (Å²) in [5.41, 5.74) is 13.6. The van der Waals surface area contributed by atoms with Crippen LogP contribution in [0.15, 0.2) is 60.7 Å². The highest BCUT2D eigenvalue weighted by Crippen LogP contribution is 2.32. The molecular formula is C32H41N5O6. The first kappa shape index (κ1) is 32.9. The molecule has 0 aliphatic heterocycles. The minimum atomic E-state index is -0.374. The summed E-state index contributed by atoms with van der Waals surface area (Å²) in [6, 6.07) is 17.4. The maximum Gasteiger partial charge on any atom is 0.259 e. The predicted octanol–water partition coefficient (Wildman–Crippen LogP) is 3.49. The first-order valence-electron chi connectivity index (χ1n) is 14.2. The van der Waals surface area contributed by atoms with E-state index in [0.29, 0.717) is 78.9 Å². The van der Waals surface area contributed by atoms with Crippen molar-refractivity contribution in [2.75, 3.05) is 57.2 Å². The second kappa shape index (κ2) is 16.7. The van der Waals surface area contributed by atoms with Gasteiger partial charge in [0.25, 0.3) is 11.8 Å². The van der Waals surface area contributed by atoms with Gasteiger partial charge in [0.15, 0.2) is 0 Å².